The van der Waals surface area contributed by atoms with Gasteiger partial charge in [0.2, 0.25) is 5.91 Å². The monoisotopic (exact) mass is 393 g/mol. The molecule has 0 bridgehead atoms. The van der Waals surface area contributed by atoms with Crippen molar-refractivity contribution in [1.29, 1.82) is 0 Å². The molecule has 1 aromatic carbocycles. The first-order valence-corrected chi connectivity index (χ1v) is 10.4. The molecule has 9 heteroatoms. The highest BCUT2D eigenvalue weighted by Gasteiger charge is 2.54. The largest absolute Gasteiger partial charge is 0.477 e. The van der Waals surface area contributed by atoms with Gasteiger partial charge in [0.25, 0.3) is 5.91 Å². The fourth-order valence-corrected chi connectivity index (χ4v) is 5.09. The second kappa shape index (κ2) is 7.73. The number of rotatable bonds is 6. The number of hydrogen-bond donors (Lipinski definition) is 3. The van der Waals surface area contributed by atoms with Gasteiger partial charge in [-0.3, -0.25) is 14.5 Å². The molecule has 1 saturated heterocycles. The van der Waals surface area contributed by atoms with Gasteiger partial charge < -0.3 is 16.2 Å². The molecule has 0 spiro atoms. The molecule has 3 atom stereocenters. The van der Waals surface area contributed by atoms with Crippen LogP contribution in [-0.2, 0) is 14.4 Å². The third-order valence-electron chi connectivity index (χ3n) is 4.31. The van der Waals surface area contributed by atoms with Crippen molar-refractivity contribution in [1.82, 2.24) is 10.2 Å². The molecule has 0 aromatic heterocycles. The maximum Gasteiger partial charge on any atom is 0.352 e. The summed E-state index contributed by atoms with van der Waals surface area (Å²) >= 11 is 2.97. The van der Waals surface area contributed by atoms with Gasteiger partial charge in [-0.2, -0.15) is 11.8 Å². The number of carbonyl (C=O) groups is 3. The van der Waals surface area contributed by atoms with E-state index in [1.165, 1.54) is 28.4 Å². The second-order valence-corrected chi connectivity index (χ2v) is 7.95. The molecule has 138 valence electrons. The number of fused-ring (bicyclic) bond motifs is 1. The molecule has 0 saturated carbocycles. The highest BCUT2D eigenvalue weighted by atomic mass is 32.2. The molecular formula is C17H19N3O4S2. The number of nitrogens with zero attached hydrogens (tertiary/aromatic N) is 1. The Balaban J connectivity index is 1.73. The van der Waals surface area contributed by atoms with Gasteiger partial charge in [-0.1, -0.05) is 30.3 Å². The van der Waals surface area contributed by atoms with Gasteiger partial charge in [0.1, 0.15) is 23.2 Å². The molecule has 0 aliphatic carbocycles. The molecule has 3 rings (SSSR count). The molecule has 2 heterocycles. The van der Waals surface area contributed by atoms with Crippen molar-refractivity contribution in [3.8, 4) is 0 Å². The van der Waals surface area contributed by atoms with Gasteiger partial charge in [-0.25, -0.2) is 4.79 Å². The Morgan fingerprint density at radius 3 is 2.73 bits per heavy atom. The minimum absolute atomic E-state index is 0.0472. The fraction of sp³-hybridized carbons (Fsp3) is 0.353. The molecule has 7 nitrogen and oxygen atoms in total. The van der Waals surface area contributed by atoms with Crippen LogP contribution in [0.4, 0.5) is 0 Å². The van der Waals surface area contributed by atoms with Crippen molar-refractivity contribution < 1.29 is 19.5 Å². The Bertz CT molecular complexity index is 769. The highest BCUT2D eigenvalue weighted by Crippen LogP contribution is 2.41. The van der Waals surface area contributed by atoms with Crippen molar-refractivity contribution in [3.05, 3.63) is 47.2 Å². The third kappa shape index (κ3) is 3.34. The standard InChI is InChI=1S/C17H19N3O4S2/c1-25-7-10-8-26-16-12(15(22)20(16)13(10)17(23)24)19-14(21)11(18)9-5-3-2-4-6-9/h2-6,11-12,16H,7-8,18H2,1H3,(H,19,21)(H,23,24)/t11?,12?,16-/m0/s1. The van der Waals surface area contributed by atoms with Gasteiger partial charge in [0.05, 0.1) is 0 Å². The maximum atomic E-state index is 12.5. The Hall–Kier alpha value is -1.97. The summed E-state index contributed by atoms with van der Waals surface area (Å²) in [5, 5.41) is 11.8. The highest BCUT2D eigenvalue weighted by molar-refractivity contribution is 8.00. The first kappa shape index (κ1) is 18.8. The van der Waals surface area contributed by atoms with Gasteiger partial charge >= 0.3 is 5.97 Å². The van der Waals surface area contributed by atoms with Gasteiger partial charge in [-0.05, 0) is 17.4 Å². The van der Waals surface area contributed by atoms with E-state index in [0.29, 0.717) is 17.1 Å². The zero-order chi connectivity index (χ0) is 18.8. The SMILES string of the molecule is CSCC1=C(C(=O)O)N2C(=O)C(NC(=O)C(N)c3ccccc3)[C@@H]2SC1. The number of amides is 2. The Morgan fingerprint density at radius 2 is 2.12 bits per heavy atom. The number of benzene rings is 1. The number of nitrogens with one attached hydrogen (secondary N) is 1. The normalized spacial score (nSPS) is 23.2. The summed E-state index contributed by atoms with van der Waals surface area (Å²) in [7, 11) is 0. The van der Waals surface area contributed by atoms with Crippen LogP contribution in [0.2, 0.25) is 0 Å². The topological polar surface area (TPSA) is 113 Å². The van der Waals surface area contributed by atoms with Crippen LogP contribution in [0.5, 0.6) is 0 Å². The molecule has 2 aliphatic rings. The zero-order valence-corrected chi connectivity index (χ0v) is 15.7. The Kier molecular flexibility index (Phi) is 5.59. The van der Waals surface area contributed by atoms with Crippen LogP contribution in [0, 0.1) is 0 Å². The summed E-state index contributed by atoms with van der Waals surface area (Å²) in [5.41, 5.74) is 7.39. The fourth-order valence-electron chi connectivity index (χ4n) is 3.02. The molecule has 0 radical (unpaired) electrons. The van der Waals surface area contributed by atoms with Gasteiger partial charge in [0.15, 0.2) is 0 Å². The van der Waals surface area contributed by atoms with Crippen LogP contribution in [-0.4, -0.2) is 57.0 Å². The minimum Gasteiger partial charge on any atom is -0.477 e. The molecule has 2 unspecified atom stereocenters. The van der Waals surface area contributed by atoms with Crippen molar-refractivity contribution in [2.24, 2.45) is 5.73 Å². The number of carbonyl (C=O) groups excluding carboxylic acids is 2. The molecule has 1 fully saturated rings. The van der Waals surface area contributed by atoms with Crippen LogP contribution < -0.4 is 11.1 Å². The molecule has 1 aromatic rings. The van der Waals surface area contributed by atoms with E-state index in [0.717, 1.165) is 5.57 Å². The summed E-state index contributed by atoms with van der Waals surface area (Å²) in [4.78, 5) is 37.8. The van der Waals surface area contributed by atoms with Crippen LogP contribution in [0.15, 0.2) is 41.6 Å². The first-order chi connectivity index (χ1) is 12.5. The van der Waals surface area contributed by atoms with Crippen LogP contribution in [0.3, 0.4) is 0 Å². The smallest absolute Gasteiger partial charge is 0.352 e. The summed E-state index contributed by atoms with van der Waals surface area (Å²) in [6.45, 7) is 0. The number of β-lactam (4-membered cyclic amide) rings is 1. The van der Waals surface area contributed by atoms with E-state index in [9.17, 15) is 19.5 Å². The number of carboxylic acids is 1. The van der Waals surface area contributed by atoms with Crippen LogP contribution in [0.1, 0.15) is 11.6 Å². The minimum atomic E-state index is -1.11. The summed E-state index contributed by atoms with van der Waals surface area (Å²) < 4.78 is 0. The summed E-state index contributed by atoms with van der Waals surface area (Å²) in [6.07, 6.45) is 1.88. The lowest BCUT2D eigenvalue weighted by atomic mass is 10.0. The molecule has 26 heavy (non-hydrogen) atoms. The van der Waals surface area contributed by atoms with E-state index >= 15 is 0 Å². The van der Waals surface area contributed by atoms with E-state index in [1.54, 1.807) is 24.3 Å². The van der Waals surface area contributed by atoms with Crippen molar-refractivity contribution >= 4 is 41.3 Å². The quantitative estimate of drug-likeness (QED) is 0.613. The van der Waals surface area contributed by atoms with Crippen molar-refractivity contribution in [3.63, 3.8) is 0 Å². The number of nitrogens with two attached hydrogens (primary N) is 1. The Morgan fingerprint density at radius 1 is 1.42 bits per heavy atom. The summed E-state index contributed by atoms with van der Waals surface area (Å²) in [5.74, 6) is -0.898. The number of aliphatic carboxylic acids is 1. The van der Waals surface area contributed by atoms with Crippen molar-refractivity contribution in [2.75, 3.05) is 17.8 Å². The van der Waals surface area contributed by atoms with Crippen molar-refractivity contribution in [2.45, 2.75) is 17.5 Å². The maximum absolute atomic E-state index is 12.5. The Labute approximate surface area is 159 Å². The van der Waals surface area contributed by atoms with E-state index in [4.69, 9.17) is 5.73 Å². The zero-order valence-electron chi connectivity index (χ0n) is 14.0. The van der Waals surface area contributed by atoms with Crippen LogP contribution >= 0.6 is 23.5 Å². The second-order valence-electron chi connectivity index (χ2n) is 5.97. The van der Waals surface area contributed by atoms with Crippen LogP contribution in [0.25, 0.3) is 0 Å². The number of thioether (sulfide) groups is 2. The average molecular weight is 393 g/mol. The lowest BCUT2D eigenvalue weighted by Gasteiger charge is -2.49. The predicted octanol–water partition coefficient (Wildman–Crippen LogP) is 0.788. The lowest BCUT2D eigenvalue weighted by Crippen LogP contribution is -2.71. The first-order valence-electron chi connectivity index (χ1n) is 7.95. The van der Waals surface area contributed by atoms with Gasteiger partial charge in [0, 0.05) is 11.5 Å². The van der Waals surface area contributed by atoms with E-state index in [1.807, 2.05) is 12.3 Å². The van der Waals surface area contributed by atoms with E-state index in [-0.39, 0.29) is 5.70 Å². The molecule has 2 aliphatic heterocycles. The van der Waals surface area contributed by atoms with E-state index in [2.05, 4.69) is 5.32 Å². The van der Waals surface area contributed by atoms with Gasteiger partial charge in [-0.15, -0.1) is 11.8 Å². The molecule has 2 amide bonds. The third-order valence-corrected chi connectivity index (χ3v) is 6.28. The number of hydrogen-bond acceptors (Lipinski definition) is 6. The number of carboxylic acid groups (broad SMARTS) is 1. The predicted molar refractivity (Wildman–Crippen MR) is 101 cm³/mol. The molecule has 4 N–H and O–H groups in total. The summed E-state index contributed by atoms with van der Waals surface area (Å²) in [6, 6.07) is 7.25. The molecular weight excluding hydrogens is 374 g/mol. The van der Waals surface area contributed by atoms with E-state index < -0.39 is 35.2 Å². The average Bonchev–Trinajstić information content (AvgIpc) is 2.65. The lowest BCUT2D eigenvalue weighted by molar-refractivity contribution is -0.150.